The van der Waals surface area contributed by atoms with Gasteiger partial charge >= 0.3 is 0 Å². The van der Waals surface area contributed by atoms with Crippen molar-refractivity contribution < 1.29 is 4.92 Å². The summed E-state index contributed by atoms with van der Waals surface area (Å²) in [5, 5.41) is 15.9. The van der Waals surface area contributed by atoms with Gasteiger partial charge in [-0.2, -0.15) is 9.78 Å². The van der Waals surface area contributed by atoms with E-state index in [2.05, 4.69) is 10.1 Å². The number of non-ortho nitro benzene ring substituents is 1. The molecule has 0 aliphatic rings. The molecule has 0 spiro atoms. The number of hydrogen-bond donors (Lipinski definition) is 0. The average molecular weight is 461 g/mol. The van der Waals surface area contributed by atoms with Crippen LogP contribution in [0.4, 0.5) is 5.69 Å². The number of para-hydroxylation sites is 3. The molecule has 0 amide bonds. The molecule has 168 valence electrons. The zero-order valence-electron chi connectivity index (χ0n) is 18.0. The summed E-state index contributed by atoms with van der Waals surface area (Å²) < 4.78 is 2.90. The predicted octanol–water partition coefficient (Wildman–Crippen LogP) is 4.07. The molecule has 10 nitrogen and oxygen atoms in total. The monoisotopic (exact) mass is 461 g/mol. The van der Waals surface area contributed by atoms with E-state index in [9.17, 15) is 14.9 Å². The second-order valence-corrected chi connectivity index (χ2v) is 7.75. The Hall–Kier alpha value is -5.25. The van der Waals surface area contributed by atoms with E-state index in [0.29, 0.717) is 33.4 Å². The maximum atomic E-state index is 13.6. The van der Waals surface area contributed by atoms with Crippen molar-refractivity contribution in [2.75, 3.05) is 0 Å². The van der Waals surface area contributed by atoms with E-state index in [-0.39, 0.29) is 22.3 Å². The Morgan fingerprint density at radius 1 is 0.886 bits per heavy atom. The van der Waals surface area contributed by atoms with Crippen LogP contribution in [0.2, 0.25) is 0 Å². The molecular weight excluding hydrogens is 446 g/mol. The minimum Gasteiger partial charge on any atom is -0.268 e. The summed E-state index contributed by atoms with van der Waals surface area (Å²) in [5.74, 6) is 0. The molecule has 6 rings (SSSR count). The number of nitro groups is 1. The van der Waals surface area contributed by atoms with Gasteiger partial charge in [0.05, 0.1) is 27.9 Å². The van der Waals surface area contributed by atoms with Crippen LogP contribution in [0.25, 0.3) is 38.9 Å². The zero-order chi connectivity index (χ0) is 23.9. The van der Waals surface area contributed by atoms with Gasteiger partial charge in [-0.1, -0.05) is 42.5 Å². The molecule has 0 fully saturated rings. The van der Waals surface area contributed by atoms with Crippen LogP contribution in [0.3, 0.4) is 0 Å². The third-order valence-electron chi connectivity index (χ3n) is 5.58. The van der Waals surface area contributed by atoms with Gasteiger partial charge in [0.25, 0.3) is 11.2 Å². The number of aromatic nitrogens is 5. The maximum Gasteiger partial charge on any atom is 0.270 e. The molecule has 10 heteroatoms. The van der Waals surface area contributed by atoms with Gasteiger partial charge in [0, 0.05) is 17.7 Å². The van der Waals surface area contributed by atoms with Crippen LogP contribution in [0.15, 0.2) is 95.1 Å². The third kappa shape index (κ3) is 3.40. The summed E-state index contributed by atoms with van der Waals surface area (Å²) in [7, 11) is 0. The lowest BCUT2D eigenvalue weighted by Gasteiger charge is -2.04. The molecule has 6 aromatic rings. The Bertz CT molecular complexity index is 1860. The normalized spacial score (nSPS) is 11.7. The van der Waals surface area contributed by atoms with Crippen molar-refractivity contribution >= 4 is 45.1 Å². The molecule has 0 saturated carbocycles. The predicted molar refractivity (Wildman–Crippen MR) is 132 cm³/mol. The van der Waals surface area contributed by atoms with Crippen LogP contribution in [0.1, 0.15) is 5.56 Å². The molecule has 3 aromatic carbocycles. The fourth-order valence-corrected chi connectivity index (χ4v) is 3.94. The molecule has 0 unspecified atom stereocenters. The van der Waals surface area contributed by atoms with E-state index in [1.165, 1.54) is 33.9 Å². The Morgan fingerprint density at radius 3 is 2.40 bits per heavy atom. The molecule has 0 saturated heterocycles. The van der Waals surface area contributed by atoms with Crippen LogP contribution in [-0.2, 0) is 0 Å². The Kier molecular flexibility index (Phi) is 4.63. The summed E-state index contributed by atoms with van der Waals surface area (Å²) >= 11 is 0. The van der Waals surface area contributed by atoms with Gasteiger partial charge in [-0.25, -0.2) is 15.0 Å². The van der Waals surface area contributed by atoms with E-state index in [4.69, 9.17) is 9.97 Å². The number of hydrogen-bond acceptors (Lipinski definition) is 7. The lowest BCUT2D eigenvalue weighted by atomic mass is 10.2. The van der Waals surface area contributed by atoms with Gasteiger partial charge in [0.1, 0.15) is 17.2 Å². The highest BCUT2D eigenvalue weighted by Crippen LogP contribution is 2.25. The first kappa shape index (κ1) is 20.4. The van der Waals surface area contributed by atoms with Gasteiger partial charge in [-0.05, 0) is 24.3 Å². The van der Waals surface area contributed by atoms with Crippen LogP contribution in [0, 0.1) is 10.1 Å². The van der Waals surface area contributed by atoms with E-state index >= 15 is 0 Å². The van der Waals surface area contributed by atoms with Crippen molar-refractivity contribution in [3.63, 3.8) is 0 Å². The van der Waals surface area contributed by atoms with Gasteiger partial charge in [0.15, 0.2) is 11.3 Å². The van der Waals surface area contributed by atoms with Crippen molar-refractivity contribution in [2.45, 2.75) is 0 Å². The van der Waals surface area contributed by atoms with Crippen LogP contribution in [0.5, 0.6) is 0 Å². The standard InChI is InChI=1S/C25H15N7O3/c33-25-21-22-24(29-20-12-5-4-11-19(20)28-22)31(27-14-16-7-6-10-18(13-16)32(34)35)23(21)26-15-30(25)17-8-2-1-3-9-17/h1-15H. The van der Waals surface area contributed by atoms with Gasteiger partial charge in [0.2, 0.25) is 0 Å². The smallest absolute Gasteiger partial charge is 0.268 e. The molecule has 0 aliphatic heterocycles. The van der Waals surface area contributed by atoms with Crippen molar-refractivity contribution in [1.82, 2.24) is 24.2 Å². The minimum absolute atomic E-state index is 0.0502. The highest BCUT2D eigenvalue weighted by Gasteiger charge is 2.20. The Balaban J connectivity index is 1.64. The number of nitro benzene ring substituents is 1. The third-order valence-corrected chi connectivity index (χ3v) is 5.58. The SMILES string of the molecule is O=c1c2c3nc4ccccc4nc3n(N=Cc3cccc([N+](=O)[O-])c3)c2ncn1-c1ccccc1. The fourth-order valence-electron chi connectivity index (χ4n) is 3.94. The second kappa shape index (κ2) is 7.96. The lowest BCUT2D eigenvalue weighted by Crippen LogP contribution is -2.18. The number of benzene rings is 3. The van der Waals surface area contributed by atoms with Crippen molar-refractivity contribution in [2.24, 2.45) is 5.10 Å². The molecule has 35 heavy (non-hydrogen) atoms. The number of nitrogens with zero attached hydrogens (tertiary/aromatic N) is 7. The molecular formula is C25H15N7O3. The molecule has 0 aliphatic carbocycles. The quantitative estimate of drug-likeness (QED) is 0.222. The molecule has 0 bridgehead atoms. The average Bonchev–Trinajstić information content (AvgIpc) is 3.20. The first-order valence-corrected chi connectivity index (χ1v) is 10.6. The molecule has 0 radical (unpaired) electrons. The Morgan fingerprint density at radius 2 is 1.63 bits per heavy atom. The van der Waals surface area contributed by atoms with Crippen molar-refractivity contribution in [3.05, 3.63) is 111 Å². The van der Waals surface area contributed by atoms with Gasteiger partial charge < -0.3 is 0 Å². The van der Waals surface area contributed by atoms with Crippen molar-refractivity contribution in [3.8, 4) is 5.69 Å². The lowest BCUT2D eigenvalue weighted by molar-refractivity contribution is -0.384. The molecule has 3 aromatic heterocycles. The summed E-state index contributed by atoms with van der Waals surface area (Å²) in [6, 6.07) is 22.6. The number of fused-ring (bicyclic) bond motifs is 4. The van der Waals surface area contributed by atoms with E-state index < -0.39 is 4.92 Å². The van der Waals surface area contributed by atoms with E-state index in [1.807, 2.05) is 54.6 Å². The van der Waals surface area contributed by atoms with Crippen LogP contribution < -0.4 is 5.56 Å². The summed E-state index contributed by atoms with van der Waals surface area (Å²) in [6.07, 6.45) is 2.91. The first-order valence-electron chi connectivity index (χ1n) is 10.6. The fraction of sp³-hybridized carbons (Fsp3) is 0. The zero-order valence-corrected chi connectivity index (χ0v) is 18.0. The first-order chi connectivity index (χ1) is 17.1. The van der Waals surface area contributed by atoms with Crippen LogP contribution >= 0.6 is 0 Å². The summed E-state index contributed by atoms with van der Waals surface area (Å²) in [5.41, 5.74) is 3.12. The highest BCUT2D eigenvalue weighted by atomic mass is 16.6. The minimum atomic E-state index is -0.469. The second-order valence-electron chi connectivity index (χ2n) is 7.75. The number of rotatable bonds is 4. The summed E-state index contributed by atoms with van der Waals surface area (Å²) in [4.78, 5) is 38.2. The largest absolute Gasteiger partial charge is 0.270 e. The van der Waals surface area contributed by atoms with Crippen molar-refractivity contribution in [1.29, 1.82) is 0 Å². The maximum absolute atomic E-state index is 13.6. The highest BCUT2D eigenvalue weighted by molar-refractivity contribution is 6.05. The van der Waals surface area contributed by atoms with E-state index in [0.717, 1.165) is 0 Å². The summed E-state index contributed by atoms with van der Waals surface area (Å²) in [6.45, 7) is 0. The Labute approximate surface area is 196 Å². The molecule has 0 N–H and O–H groups in total. The molecule has 0 atom stereocenters. The van der Waals surface area contributed by atoms with Crippen LogP contribution in [-0.4, -0.2) is 35.3 Å². The topological polar surface area (TPSA) is 121 Å². The van der Waals surface area contributed by atoms with Gasteiger partial charge in [-0.15, -0.1) is 0 Å². The van der Waals surface area contributed by atoms with Gasteiger partial charge in [-0.3, -0.25) is 19.5 Å². The molecule has 3 heterocycles. The van der Waals surface area contributed by atoms with E-state index in [1.54, 1.807) is 12.1 Å².